The molecule has 1 N–H and O–H groups in total. The zero-order chi connectivity index (χ0) is 18.7. The molecule has 0 radical (unpaired) electrons. The van der Waals surface area contributed by atoms with Crippen LogP contribution in [0.1, 0.15) is 21.8 Å². The highest BCUT2D eigenvalue weighted by atomic mass is 16.5. The molecule has 0 saturated heterocycles. The van der Waals surface area contributed by atoms with Gasteiger partial charge in [-0.2, -0.15) is 4.98 Å². The molecule has 0 spiro atoms. The van der Waals surface area contributed by atoms with E-state index in [-0.39, 0.29) is 5.91 Å². The highest BCUT2D eigenvalue weighted by Crippen LogP contribution is 2.28. The van der Waals surface area contributed by atoms with E-state index < -0.39 is 0 Å². The molecule has 3 rings (SSSR count). The van der Waals surface area contributed by atoms with Crippen LogP contribution in [0.5, 0.6) is 11.5 Å². The molecule has 3 aromatic rings. The number of ether oxygens (including phenoxy) is 2. The van der Waals surface area contributed by atoms with Gasteiger partial charge in [-0.15, -0.1) is 0 Å². The van der Waals surface area contributed by atoms with E-state index in [0.717, 1.165) is 11.1 Å². The number of methoxy groups -OCH3 is 2. The fourth-order valence-corrected chi connectivity index (χ4v) is 2.53. The van der Waals surface area contributed by atoms with E-state index in [1.165, 1.54) is 7.11 Å². The van der Waals surface area contributed by atoms with Crippen LogP contribution in [-0.2, 0) is 0 Å². The third-order valence-corrected chi connectivity index (χ3v) is 3.91. The molecule has 1 aromatic heterocycles. The molecule has 0 fully saturated rings. The summed E-state index contributed by atoms with van der Waals surface area (Å²) in [6.07, 6.45) is 0. The Morgan fingerprint density at radius 1 is 1.04 bits per heavy atom. The maximum atomic E-state index is 12.5. The summed E-state index contributed by atoms with van der Waals surface area (Å²) in [6, 6.07) is 10.6. The first-order valence-electron chi connectivity index (χ1n) is 7.96. The number of nitrogens with one attached hydrogen (secondary N) is 1. The molecule has 1 heterocycles. The van der Waals surface area contributed by atoms with Gasteiger partial charge in [0.15, 0.2) is 11.5 Å². The molecular formula is C19H19N3O4. The number of anilines is 1. The molecule has 0 saturated carbocycles. The number of rotatable bonds is 5. The van der Waals surface area contributed by atoms with Gasteiger partial charge in [-0.25, -0.2) is 0 Å². The lowest BCUT2D eigenvalue weighted by atomic mass is 10.1. The summed E-state index contributed by atoms with van der Waals surface area (Å²) in [7, 11) is 3.08. The van der Waals surface area contributed by atoms with Gasteiger partial charge in [0.25, 0.3) is 5.91 Å². The standard InChI is InChI=1S/C19H19N3O4/c1-11-9-13(18-20-12(2)26-22-18)5-7-15(11)21-19(23)14-6-8-16(24-3)17(10-14)25-4/h5-10H,1-4H3,(H,21,23). The number of carbonyl (C=O) groups excluding carboxylic acids is 1. The van der Waals surface area contributed by atoms with Gasteiger partial charge in [0.05, 0.1) is 14.2 Å². The molecule has 2 aromatic carbocycles. The summed E-state index contributed by atoms with van der Waals surface area (Å²) in [6.45, 7) is 3.64. The first-order valence-corrected chi connectivity index (χ1v) is 7.96. The van der Waals surface area contributed by atoms with Crippen LogP contribution < -0.4 is 14.8 Å². The van der Waals surface area contributed by atoms with Crippen LogP contribution in [0.4, 0.5) is 5.69 Å². The molecule has 26 heavy (non-hydrogen) atoms. The van der Waals surface area contributed by atoms with Gasteiger partial charge >= 0.3 is 0 Å². The van der Waals surface area contributed by atoms with Gasteiger partial charge in [-0.05, 0) is 48.9 Å². The predicted octanol–water partition coefficient (Wildman–Crippen LogP) is 3.62. The lowest BCUT2D eigenvalue weighted by molar-refractivity contribution is 0.102. The zero-order valence-electron chi connectivity index (χ0n) is 15.0. The third-order valence-electron chi connectivity index (χ3n) is 3.91. The third kappa shape index (κ3) is 3.51. The monoisotopic (exact) mass is 353 g/mol. The number of amides is 1. The summed E-state index contributed by atoms with van der Waals surface area (Å²) < 4.78 is 15.4. The number of benzene rings is 2. The van der Waals surface area contributed by atoms with Crippen LogP contribution in [0.15, 0.2) is 40.9 Å². The van der Waals surface area contributed by atoms with Crippen LogP contribution in [0.3, 0.4) is 0 Å². The number of hydrogen-bond acceptors (Lipinski definition) is 6. The Morgan fingerprint density at radius 2 is 1.81 bits per heavy atom. The highest BCUT2D eigenvalue weighted by Gasteiger charge is 2.13. The number of aromatic nitrogens is 2. The molecular weight excluding hydrogens is 334 g/mol. The van der Waals surface area contributed by atoms with Crippen molar-refractivity contribution in [2.75, 3.05) is 19.5 Å². The Labute approximate surface area is 150 Å². The highest BCUT2D eigenvalue weighted by molar-refractivity contribution is 6.05. The van der Waals surface area contributed by atoms with Crippen molar-refractivity contribution in [3.63, 3.8) is 0 Å². The summed E-state index contributed by atoms with van der Waals surface area (Å²) in [5, 5.41) is 6.80. The van der Waals surface area contributed by atoms with E-state index in [1.54, 1.807) is 32.2 Å². The quantitative estimate of drug-likeness (QED) is 0.754. The fourth-order valence-electron chi connectivity index (χ4n) is 2.53. The summed E-state index contributed by atoms with van der Waals surface area (Å²) in [5.41, 5.74) is 2.89. The molecule has 0 bridgehead atoms. The molecule has 0 aliphatic heterocycles. The maximum Gasteiger partial charge on any atom is 0.255 e. The van der Waals surface area contributed by atoms with E-state index in [9.17, 15) is 4.79 Å². The molecule has 7 nitrogen and oxygen atoms in total. The van der Waals surface area contributed by atoms with Crippen molar-refractivity contribution in [3.05, 3.63) is 53.4 Å². The smallest absolute Gasteiger partial charge is 0.255 e. The predicted molar refractivity (Wildman–Crippen MR) is 96.7 cm³/mol. The van der Waals surface area contributed by atoms with Crippen LogP contribution in [0.2, 0.25) is 0 Å². The van der Waals surface area contributed by atoms with Crippen LogP contribution >= 0.6 is 0 Å². The molecule has 0 unspecified atom stereocenters. The molecule has 7 heteroatoms. The van der Waals surface area contributed by atoms with Gasteiger partial charge in [0.2, 0.25) is 11.7 Å². The van der Waals surface area contributed by atoms with Gasteiger partial charge in [-0.1, -0.05) is 5.16 Å². The maximum absolute atomic E-state index is 12.5. The van der Waals surface area contributed by atoms with Crippen LogP contribution in [0, 0.1) is 13.8 Å². The lowest BCUT2D eigenvalue weighted by Crippen LogP contribution is -2.13. The van der Waals surface area contributed by atoms with Crippen molar-refractivity contribution in [2.45, 2.75) is 13.8 Å². The van der Waals surface area contributed by atoms with Crippen LogP contribution in [-0.4, -0.2) is 30.3 Å². The first-order chi connectivity index (χ1) is 12.5. The largest absolute Gasteiger partial charge is 0.493 e. The number of hydrogen-bond donors (Lipinski definition) is 1. The lowest BCUT2D eigenvalue weighted by Gasteiger charge is -2.11. The Bertz CT molecular complexity index is 950. The van der Waals surface area contributed by atoms with Crippen molar-refractivity contribution in [2.24, 2.45) is 0 Å². The minimum atomic E-state index is -0.239. The fraction of sp³-hybridized carbons (Fsp3) is 0.211. The first kappa shape index (κ1) is 17.5. The Hall–Kier alpha value is -3.35. The molecule has 0 aliphatic rings. The van der Waals surface area contributed by atoms with E-state index in [0.29, 0.717) is 34.5 Å². The van der Waals surface area contributed by atoms with E-state index in [2.05, 4.69) is 15.5 Å². The summed E-state index contributed by atoms with van der Waals surface area (Å²) in [4.78, 5) is 16.7. The van der Waals surface area contributed by atoms with E-state index in [1.807, 2.05) is 25.1 Å². The minimum Gasteiger partial charge on any atom is -0.493 e. The normalized spacial score (nSPS) is 10.5. The molecule has 0 aliphatic carbocycles. The minimum absolute atomic E-state index is 0.239. The average molecular weight is 353 g/mol. The van der Waals surface area contributed by atoms with Gasteiger partial charge < -0.3 is 19.3 Å². The topological polar surface area (TPSA) is 86.5 Å². The molecule has 0 atom stereocenters. The molecule has 1 amide bonds. The van der Waals surface area contributed by atoms with Crippen molar-refractivity contribution in [3.8, 4) is 22.9 Å². The van der Waals surface area contributed by atoms with Crippen molar-refractivity contribution in [1.29, 1.82) is 0 Å². The van der Waals surface area contributed by atoms with Gasteiger partial charge in [0.1, 0.15) is 0 Å². The zero-order valence-corrected chi connectivity index (χ0v) is 15.0. The summed E-state index contributed by atoms with van der Waals surface area (Å²) >= 11 is 0. The number of aryl methyl sites for hydroxylation is 2. The Morgan fingerprint density at radius 3 is 2.42 bits per heavy atom. The Balaban J connectivity index is 1.81. The van der Waals surface area contributed by atoms with Crippen molar-refractivity contribution < 1.29 is 18.8 Å². The SMILES string of the molecule is COc1ccc(C(=O)Nc2ccc(-c3noc(C)n3)cc2C)cc1OC. The van der Waals surface area contributed by atoms with Crippen LogP contribution in [0.25, 0.3) is 11.4 Å². The van der Waals surface area contributed by atoms with E-state index >= 15 is 0 Å². The van der Waals surface area contributed by atoms with Crippen molar-refractivity contribution in [1.82, 2.24) is 10.1 Å². The second-order valence-corrected chi connectivity index (χ2v) is 5.69. The number of carbonyl (C=O) groups is 1. The Kier molecular flexibility index (Phi) is 4.88. The summed E-state index contributed by atoms with van der Waals surface area (Å²) in [5.74, 6) is 1.85. The van der Waals surface area contributed by atoms with E-state index in [4.69, 9.17) is 14.0 Å². The average Bonchev–Trinajstić information content (AvgIpc) is 3.09. The second-order valence-electron chi connectivity index (χ2n) is 5.69. The second kappa shape index (κ2) is 7.26. The van der Waals surface area contributed by atoms with Gasteiger partial charge in [-0.3, -0.25) is 4.79 Å². The number of nitrogens with zero attached hydrogens (tertiary/aromatic N) is 2. The molecule has 134 valence electrons. The van der Waals surface area contributed by atoms with Gasteiger partial charge in [0, 0.05) is 23.7 Å². The van der Waals surface area contributed by atoms with Crippen molar-refractivity contribution >= 4 is 11.6 Å².